The number of aryl methyl sites for hydroxylation is 1. The molecular formula is C33H43ClF3N7O6S. The Morgan fingerprint density at radius 3 is 2.47 bits per heavy atom. The fourth-order valence-corrected chi connectivity index (χ4v) is 7.43. The van der Waals surface area contributed by atoms with Crippen LogP contribution in [-0.2, 0) is 21.3 Å². The molecule has 1 saturated carbocycles. The second-order valence-corrected chi connectivity index (χ2v) is 16.7. The normalized spacial score (nSPS) is 20.3. The number of aromatic nitrogens is 5. The van der Waals surface area contributed by atoms with Crippen LogP contribution in [0.5, 0.6) is 5.88 Å². The first-order valence-corrected chi connectivity index (χ1v) is 18.6. The van der Waals surface area contributed by atoms with Crippen molar-refractivity contribution in [2.45, 2.75) is 102 Å². The van der Waals surface area contributed by atoms with Gasteiger partial charge in [0, 0.05) is 37.1 Å². The van der Waals surface area contributed by atoms with E-state index in [-0.39, 0.29) is 58.5 Å². The Hall–Kier alpha value is -3.86. The number of rotatable bonds is 13. The monoisotopic (exact) mass is 757 g/mol. The summed E-state index contributed by atoms with van der Waals surface area (Å²) in [7, 11) is -4.33. The highest BCUT2D eigenvalue weighted by Gasteiger charge is 2.55. The Balaban J connectivity index is 1.08. The van der Waals surface area contributed by atoms with Crippen molar-refractivity contribution in [1.29, 1.82) is 0 Å². The van der Waals surface area contributed by atoms with Gasteiger partial charge in [-0.05, 0) is 96.8 Å². The van der Waals surface area contributed by atoms with Crippen molar-refractivity contribution in [3.8, 4) is 11.7 Å². The predicted octanol–water partition coefficient (Wildman–Crippen LogP) is 6.41. The highest BCUT2D eigenvalue weighted by Crippen LogP contribution is 2.51. The van der Waals surface area contributed by atoms with Crippen molar-refractivity contribution in [3.05, 3.63) is 47.4 Å². The van der Waals surface area contributed by atoms with E-state index in [1.165, 1.54) is 46.0 Å². The number of alkyl halides is 3. The SMILES string of the molecule is CC(C)(C)OC(=O)N1CC(CCCCn2ccc(S(=O)(=O)NC(=O)c3ccc(-n4ccc(OCCC5CC5C(F)(F)F)n4)nc3Cl)n2)CC1(C)C. The summed E-state index contributed by atoms with van der Waals surface area (Å²) in [6.07, 6.45) is 2.23. The number of sulfonamides is 1. The zero-order valence-corrected chi connectivity index (χ0v) is 30.7. The molecule has 2 fully saturated rings. The number of ether oxygens (including phenoxy) is 2. The first-order chi connectivity index (χ1) is 23.7. The number of carbonyl (C=O) groups excluding carboxylic acids is 2. The third kappa shape index (κ3) is 9.93. The Bertz CT molecular complexity index is 1840. The van der Waals surface area contributed by atoms with Gasteiger partial charge in [-0.25, -0.2) is 19.2 Å². The van der Waals surface area contributed by atoms with Gasteiger partial charge in [-0.1, -0.05) is 18.0 Å². The average Bonchev–Trinajstić information content (AvgIpc) is 3.30. The van der Waals surface area contributed by atoms with E-state index in [4.69, 9.17) is 21.1 Å². The smallest absolute Gasteiger partial charge is 0.410 e. The van der Waals surface area contributed by atoms with Crippen molar-refractivity contribution in [2.75, 3.05) is 13.2 Å². The molecule has 4 heterocycles. The van der Waals surface area contributed by atoms with E-state index in [0.717, 1.165) is 25.7 Å². The average molecular weight is 758 g/mol. The Morgan fingerprint density at radius 2 is 1.80 bits per heavy atom. The lowest BCUT2D eigenvalue weighted by molar-refractivity contribution is -0.151. The number of halogens is 4. The van der Waals surface area contributed by atoms with Crippen LogP contribution in [0.2, 0.25) is 5.15 Å². The molecule has 5 rings (SSSR count). The maximum Gasteiger partial charge on any atom is 0.410 e. The summed E-state index contributed by atoms with van der Waals surface area (Å²) in [6.45, 7) is 10.8. The first-order valence-electron chi connectivity index (χ1n) is 16.8. The molecule has 1 N–H and O–H groups in total. The van der Waals surface area contributed by atoms with E-state index < -0.39 is 39.5 Å². The van der Waals surface area contributed by atoms with Crippen molar-refractivity contribution < 1.29 is 40.7 Å². The number of carbonyl (C=O) groups is 2. The minimum atomic E-state index is -4.33. The third-order valence-corrected chi connectivity index (χ3v) is 10.4. The number of amides is 2. The highest BCUT2D eigenvalue weighted by molar-refractivity contribution is 7.90. The van der Waals surface area contributed by atoms with Crippen molar-refractivity contribution in [3.63, 3.8) is 0 Å². The summed E-state index contributed by atoms with van der Waals surface area (Å²) in [6, 6.07) is 5.50. The largest absolute Gasteiger partial charge is 0.477 e. The maximum atomic E-state index is 13.0. The predicted molar refractivity (Wildman–Crippen MR) is 180 cm³/mol. The van der Waals surface area contributed by atoms with Crippen molar-refractivity contribution >= 4 is 33.6 Å². The molecular weight excluding hydrogens is 715 g/mol. The maximum absolute atomic E-state index is 13.0. The second-order valence-electron chi connectivity index (χ2n) is 14.7. The van der Waals surface area contributed by atoms with E-state index >= 15 is 0 Å². The summed E-state index contributed by atoms with van der Waals surface area (Å²) in [5.74, 6) is -2.03. The molecule has 0 radical (unpaired) electrons. The highest BCUT2D eigenvalue weighted by atomic mass is 35.5. The van der Waals surface area contributed by atoms with Crippen LogP contribution >= 0.6 is 11.6 Å². The van der Waals surface area contributed by atoms with Crippen LogP contribution in [0.1, 0.15) is 83.5 Å². The quantitative estimate of drug-likeness (QED) is 0.154. The van der Waals surface area contributed by atoms with Gasteiger partial charge in [0.2, 0.25) is 5.88 Å². The summed E-state index contributed by atoms with van der Waals surface area (Å²) >= 11 is 6.24. The number of likely N-dealkylation sites (tertiary alicyclic amines) is 1. The van der Waals surface area contributed by atoms with Crippen LogP contribution < -0.4 is 9.46 Å². The van der Waals surface area contributed by atoms with Crippen LogP contribution in [-0.4, -0.2) is 80.3 Å². The summed E-state index contributed by atoms with van der Waals surface area (Å²) in [5.41, 5.74) is -1.07. The lowest BCUT2D eigenvalue weighted by Gasteiger charge is -2.33. The zero-order chi connectivity index (χ0) is 37.4. The van der Waals surface area contributed by atoms with Crippen LogP contribution in [0, 0.1) is 17.8 Å². The van der Waals surface area contributed by atoms with Crippen molar-refractivity contribution in [1.82, 2.24) is 34.2 Å². The minimum Gasteiger partial charge on any atom is -0.477 e. The molecule has 2 aliphatic rings. The van der Waals surface area contributed by atoms with Crippen LogP contribution in [0.25, 0.3) is 5.82 Å². The molecule has 3 unspecified atom stereocenters. The number of hydrogen-bond acceptors (Lipinski definition) is 9. The van der Waals surface area contributed by atoms with Crippen LogP contribution in [0.3, 0.4) is 0 Å². The Labute approximate surface area is 299 Å². The minimum absolute atomic E-state index is 0.0744. The van der Waals surface area contributed by atoms with Gasteiger partial charge in [0.05, 0.1) is 18.1 Å². The lowest BCUT2D eigenvalue weighted by Crippen LogP contribution is -2.45. The molecule has 3 atom stereocenters. The molecule has 51 heavy (non-hydrogen) atoms. The molecule has 0 aromatic carbocycles. The number of nitrogens with one attached hydrogen (secondary N) is 1. The number of unbranched alkanes of at least 4 members (excludes halogenated alkanes) is 1. The van der Waals surface area contributed by atoms with E-state index in [1.54, 1.807) is 4.90 Å². The summed E-state index contributed by atoms with van der Waals surface area (Å²) in [5, 5.41) is 7.71. The topological polar surface area (TPSA) is 151 Å². The molecule has 3 aromatic rings. The fourth-order valence-electron chi connectivity index (χ4n) is 6.28. The van der Waals surface area contributed by atoms with Gasteiger partial charge >= 0.3 is 12.3 Å². The molecule has 0 bridgehead atoms. The third-order valence-electron chi connectivity index (χ3n) is 8.90. The van der Waals surface area contributed by atoms with E-state index in [1.807, 2.05) is 39.3 Å². The zero-order valence-electron chi connectivity index (χ0n) is 29.1. The van der Waals surface area contributed by atoms with Gasteiger partial charge in [-0.2, -0.15) is 26.7 Å². The van der Waals surface area contributed by atoms with Crippen LogP contribution in [0.4, 0.5) is 18.0 Å². The number of pyridine rings is 1. The van der Waals surface area contributed by atoms with Gasteiger partial charge in [0.25, 0.3) is 15.9 Å². The molecule has 13 nitrogen and oxygen atoms in total. The molecule has 280 valence electrons. The van der Waals surface area contributed by atoms with Gasteiger partial charge in [0.1, 0.15) is 10.8 Å². The molecule has 2 amide bonds. The fraction of sp³-hybridized carbons (Fsp3) is 0.606. The van der Waals surface area contributed by atoms with Gasteiger partial charge in [0.15, 0.2) is 10.8 Å². The number of nitrogens with zero attached hydrogens (tertiary/aromatic N) is 6. The summed E-state index contributed by atoms with van der Waals surface area (Å²) in [4.78, 5) is 31.5. The molecule has 0 spiro atoms. The van der Waals surface area contributed by atoms with Gasteiger partial charge in [-0.15, -0.1) is 5.10 Å². The van der Waals surface area contributed by atoms with Crippen molar-refractivity contribution in [2.24, 2.45) is 17.8 Å². The standard InChI is InChI=1S/C33H43ClF3N7O6S/c1-31(2,3)50-30(46)43-20-21(19-32(43,4)5)8-6-7-14-42-15-12-27(40-42)51(47,48)41-29(45)23-9-10-25(38-28(23)34)44-16-11-26(39-44)49-17-13-22-18-24(22)33(35,36)37/h9-12,15-16,21-22,24H,6-8,13-14,17-20H2,1-5H3,(H,41,45). The second kappa shape index (κ2) is 14.6. The van der Waals surface area contributed by atoms with Gasteiger partial charge in [-0.3, -0.25) is 9.48 Å². The first kappa shape index (κ1) is 38.4. The van der Waals surface area contributed by atoms with Crippen LogP contribution in [0.15, 0.2) is 41.7 Å². The van der Waals surface area contributed by atoms with Gasteiger partial charge < -0.3 is 14.4 Å². The van der Waals surface area contributed by atoms with E-state index in [2.05, 4.69) is 15.2 Å². The molecule has 3 aromatic heterocycles. The molecule has 1 aliphatic heterocycles. The Morgan fingerprint density at radius 1 is 1.06 bits per heavy atom. The van der Waals surface area contributed by atoms with E-state index in [0.29, 0.717) is 19.0 Å². The summed E-state index contributed by atoms with van der Waals surface area (Å²) < 4.78 is 79.9. The Kier molecular flexibility index (Phi) is 11.0. The molecule has 18 heteroatoms. The lowest BCUT2D eigenvalue weighted by atomic mass is 9.93. The number of hydrogen-bond donors (Lipinski definition) is 1. The van der Waals surface area contributed by atoms with E-state index in [9.17, 15) is 31.2 Å². The molecule has 1 aliphatic carbocycles. The molecule has 1 saturated heterocycles.